The van der Waals surface area contributed by atoms with Crippen LogP contribution in [-0.2, 0) is 9.53 Å². The highest BCUT2D eigenvalue weighted by Crippen LogP contribution is 2.34. The van der Waals surface area contributed by atoms with Gasteiger partial charge in [-0.05, 0) is 49.9 Å². The average molecular weight is 461 g/mol. The number of amides is 3. The number of methoxy groups -OCH3 is 1. The molecule has 1 aliphatic rings. The van der Waals surface area contributed by atoms with Gasteiger partial charge in [-0.1, -0.05) is 18.2 Å². The second-order valence-corrected chi connectivity index (χ2v) is 9.58. The molecule has 1 atom stereocenters. The molecule has 2 heterocycles. The lowest BCUT2D eigenvalue weighted by Gasteiger charge is -2.30. The van der Waals surface area contributed by atoms with Crippen LogP contribution in [0.2, 0.25) is 0 Å². The maximum Gasteiger partial charge on any atom is 0.318 e. The number of carbonyl (C=O) groups is 2. The lowest BCUT2D eigenvalue weighted by Crippen LogP contribution is -2.52. The molecule has 0 aliphatic carbocycles. The fraction of sp³-hybridized carbons (Fsp3) is 0.435. The van der Waals surface area contributed by atoms with Crippen molar-refractivity contribution in [2.45, 2.75) is 38.8 Å². The van der Waals surface area contributed by atoms with Crippen molar-refractivity contribution in [2.24, 2.45) is 5.10 Å². The second kappa shape index (κ2) is 10.2. The van der Waals surface area contributed by atoms with Crippen molar-refractivity contribution < 1.29 is 18.7 Å². The molecule has 0 spiro atoms. The van der Waals surface area contributed by atoms with Gasteiger partial charge in [0.05, 0.1) is 23.2 Å². The number of nitrogens with zero attached hydrogens (tertiary/aromatic N) is 3. The van der Waals surface area contributed by atoms with Crippen molar-refractivity contribution in [3.05, 3.63) is 58.0 Å². The van der Waals surface area contributed by atoms with E-state index in [1.807, 2.05) is 38.3 Å². The molecular weight excluding hydrogens is 431 g/mol. The third kappa shape index (κ3) is 6.14. The van der Waals surface area contributed by atoms with Gasteiger partial charge in [0, 0.05) is 25.6 Å². The van der Waals surface area contributed by atoms with Gasteiger partial charge in [-0.2, -0.15) is 5.10 Å². The Morgan fingerprint density at radius 2 is 2.00 bits per heavy atom. The van der Waals surface area contributed by atoms with Crippen LogP contribution in [0, 0.1) is 5.82 Å². The summed E-state index contributed by atoms with van der Waals surface area (Å²) in [6.07, 6.45) is 0.518. The summed E-state index contributed by atoms with van der Waals surface area (Å²) in [6, 6.07) is 9.28. The number of ether oxygens (including phenoxy) is 1. The average Bonchev–Trinajstić information content (AvgIpc) is 3.40. The van der Waals surface area contributed by atoms with E-state index in [1.54, 1.807) is 30.6 Å². The second-order valence-electron chi connectivity index (χ2n) is 8.63. The van der Waals surface area contributed by atoms with E-state index < -0.39 is 5.54 Å². The van der Waals surface area contributed by atoms with Gasteiger partial charge in [0.25, 0.3) is 5.91 Å². The van der Waals surface area contributed by atoms with E-state index in [0.717, 1.165) is 16.2 Å². The molecule has 3 rings (SSSR count). The van der Waals surface area contributed by atoms with Crippen LogP contribution in [0.5, 0.6) is 0 Å². The summed E-state index contributed by atoms with van der Waals surface area (Å²) in [5.41, 5.74) is 1.14. The topological polar surface area (TPSA) is 74.2 Å². The predicted molar refractivity (Wildman–Crippen MR) is 123 cm³/mol. The standard InChI is InChI=1S/C23H29FN4O3S/c1-23(2,3)25-22(30)27(11-12-31-4)15-21(29)28-19(16-7-9-17(24)10-8-16)14-18(26-28)20-6-5-13-32-20/h5-10,13,19H,11-12,14-15H2,1-4H3,(H,25,30)/t19-/m0/s1. The minimum Gasteiger partial charge on any atom is -0.383 e. The van der Waals surface area contributed by atoms with Crippen molar-refractivity contribution >= 4 is 29.0 Å². The summed E-state index contributed by atoms with van der Waals surface area (Å²) < 4.78 is 18.6. The fourth-order valence-electron chi connectivity index (χ4n) is 3.37. The predicted octanol–water partition coefficient (Wildman–Crippen LogP) is 4.02. The number of urea groups is 1. The summed E-state index contributed by atoms with van der Waals surface area (Å²) in [6.45, 7) is 6.05. The number of hydrazone groups is 1. The van der Waals surface area contributed by atoms with Crippen molar-refractivity contribution in [1.82, 2.24) is 15.2 Å². The molecule has 7 nitrogen and oxygen atoms in total. The van der Waals surface area contributed by atoms with Crippen LogP contribution >= 0.6 is 11.3 Å². The van der Waals surface area contributed by atoms with Gasteiger partial charge in [-0.15, -0.1) is 11.3 Å². The minimum atomic E-state index is -0.444. The normalized spacial score (nSPS) is 16.1. The Kier molecular flexibility index (Phi) is 7.63. The van der Waals surface area contributed by atoms with Gasteiger partial charge in [0.15, 0.2) is 0 Å². The third-order valence-corrected chi connectivity index (χ3v) is 5.81. The summed E-state index contributed by atoms with van der Waals surface area (Å²) in [7, 11) is 1.55. The SMILES string of the molecule is COCCN(CC(=O)N1N=C(c2cccs2)C[C@H]1c1ccc(F)cc1)C(=O)NC(C)(C)C. The Labute approximate surface area is 191 Å². The summed E-state index contributed by atoms with van der Waals surface area (Å²) in [4.78, 5) is 28.5. The molecule has 1 aromatic heterocycles. The minimum absolute atomic E-state index is 0.149. The number of benzene rings is 1. The van der Waals surface area contributed by atoms with E-state index in [1.165, 1.54) is 22.0 Å². The van der Waals surface area contributed by atoms with Crippen molar-refractivity contribution in [3.63, 3.8) is 0 Å². The van der Waals surface area contributed by atoms with Crippen molar-refractivity contribution in [2.75, 3.05) is 26.8 Å². The fourth-order valence-corrected chi connectivity index (χ4v) is 4.09. The van der Waals surface area contributed by atoms with Crippen LogP contribution in [0.25, 0.3) is 0 Å². The number of hydrogen-bond acceptors (Lipinski definition) is 5. The monoisotopic (exact) mass is 460 g/mol. The zero-order valence-electron chi connectivity index (χ0n) is 18.8. The number of nitrogens with one attached hydrogen (secondary N) is 1. The third-order valence-electron chi connectivity index (χ3n) is 4.89. The maximum atomic E-state index is 13.5. The van der Waals surface area contributed by atoms with Crippen molar-refractivity contribution in [3.8, 4) is 0 Å². The van der Waals surface area contributed by atoms with Crippen molar-refractivity contribution in [1.29, 1.82) is 0 Å². The van der Waals surface area contributed by atoms with Crippen LogP contribution in [0.1, 0.15) is 43.7 Å². The Balaban J connectivity index is 1.84. The van der Waals surface area contributed by atoms with Gasteiger partial charge in [0.1, 0.15) is 12.4 Å². The number of rotatable bonds is 7. The number of thiophene rings is 1. The summed E-state index contributed by atoms with van der Waals surface area (Å²) in [5, 5.41) is 10.9. The lowest BCUT2D eigenvalue weighted by molar-refractivity contribution is -0.133. The molecule has 172 valence electrons. The van der Waals surface area contributed by atoms with Crippen LogP contribution < -0.4 is 5.32 Å². The van der Waals surface area contributed by atoms with E-state index in [9.17, 15) is 14.0 Å². The Bertz CT molecular complexity index is 955. The molecule has 0 unspecified atom stereocenters. The highest BCUT2D eigenvalue weighted by atomic mass is 32.1. The first-order valence-corrected chi connectivity index (χ1v) is 11.3. The molecule has 1 aliphatic heterocycles. The van der Waals surface area contributed by atoms with Crippen LogP contribution in [0.4, 0.5) is 9.18 Å². The molecule has 1 aromatic carbocycles. The Morgan fingerprint density at radius 1 is 1.28 bits per heavy atom. The molecule has 32 heavy (non-hydrogen) atoms. The number of hydrogen-bond donors (Lipinski definition) is 1. The van der Waals surface area contributed by atoms with E-state index in [2.05, 4.69) is 10.4 Å². The molecular formula is C23H29FN4O3S. The Morgan fingerprint density at radius 3 is 2.59 bits per heavy atom. The quantitative estimate of drug-likeness (QED) is 0.678. The molecule has 0 radical (unpaired) electrons. The number of carbonyl (C=O) groups excluding carboxylic acids is 2. The van der Waals surface area contributed by atoms with E-state index in [-0.39, 0.29) is 36.9 Å². The van der Waals surface area contributed by atoms with Gasteiger partial charge in [0.2, 0.25) is 0 Å². The first-order chi connectivity index (χ1) is 15.2. The molecule has 0 saturated carbocycles. The molecule has 3 amide bonds. The zero-order valence-corrected chi connectivity index (χ0v) is 19.6. The van der Waals surface area contributed by atoms with E-state index in [0.29, 0.717) is 13.0 Å². The van der Waals surface area contributed by atoms with Gasteiger partial charge >= 0.3 is 6.03 Å². The van der Waals surface area contributed by atoms with Crippen LogP contribution in [0.15, 0.2) is 46.9 Å². The largest absolute Gasteiger partial charge is 0.383 e. The number of halogens is 1. The maximum absolute atomic E-state index is 13.5. The van der Waals surface area contributed by atoms with E-state index >= 15 is 0 Å². The van der Waals surface area contributed by atoms with Gasteiger partial charge in [-0.25, -0.2) is 14.2 Å². The molecule has 1 N–H and O–H groups in total. The Hall–Kier alpha value is -2.78. The lowest BCUT2D eigenvalue weighted by atomic mass is 10.0. The van der Waals surface area contributed by atoms with E-state index in [4.69, 9.17) is 4.74 Å². The molecule has 9 heteroatoms. The highest BCUT2D eigenvalue weighted by molar-refractivity contribution is 7.12. The zero-order chi connectivity index (χ0) is 23.3. The summed E-state index contributed by atoms with van der Waals surface area (Å²) in [5.74, 6) is -0.653. The summed E-state index contributed by atoms with van der Waals surface area (Å²) >= 11 is 1.55. The molecule has 0 fully saturated rings. The first-order valence-electron chi connectivity index (χ1n) is 10.4. The van der Waals surface area contributed by atoms with Gasteiger partial charge < -0.3 is 15.0 Å². The highest BCUT2D eigenvalue weighted by Gasteiger charge is 2.35. The van der Waals surface area contributed by atoms with Crippen LogP contribution in [0.3, 0.4) is 0 Å². The molecule has 0 saturated heterocycles. The molecule has 2 aromatic rings. The molecule has 0 bridgehead atoms. The first kappa shape index (κ1) is 23.9. The van der Waals surface area contributed by atoms with Crippen LogP contribution in [-0.4, -0.2) is 59.9 Å². The van der Waals surface area contributed by atoms with Gasteiger partial charge in [-0.3, -0.25) is 4.79 Å². The smallest absolute Gasteiger partial charge is 0.318 e.